The number of oxazole rings is 1. The zero-order valence-electron chi connectivity index (χ0n) is 16.9. The molecule has 1 aliphatic heterocycles. The molecular formula is C19H20N6O5S. The number of aryl methyl sites for hydroxylation is 1. The number of hydrogen-bond acceptors (Lipinski definition) is 8. The molecule has 0 atom stereocenters. The highest BCUT2D eigenvalue weighted by Crippen LogP contribution is 2.30. The van der Waals surface area contributed by atoms with Crippen LogP contribution in [0.25, 0.3) is 16.7 Å². The van der Waals surface area contributed by atoms with E-state index in [1.54, 1.807) is 30.8 Å². The minimum absolute atomic E-state index is 0.0261. The second-order valence-electron chi connectivity index (χ2n) is 7.44. The smallest absolute Gasteiger partial charge is 0.419 e. The molecule has 0 spiro atoms. The molecule has 3 aromatic heterocycles. The van der Waals surface area contributed by atoms with Gasteiger partial charge in [-0.15, -0.1) is 15.3 Å². The van der Waals surface area contributed by atoms with E-state index >= 15 is 0 Å². The molecule has 1 aliphatic rings. The Morgan fingerprint density at radius 2 is 1.90 bits per heavy atom. The van der Waals surface area contributed by atoms with Crippen LogP contribution in [-0.4, -0.2) is 57.3 Å². The molecule has 1 saturated heterocycles. The van der Waals surface area contributed by atoms with E-state index in [4.69, 9.17) is 9.15 Å². The van der Waals surface area contributed by atoms with Gasteiger partial charge in [0.1, 0.15) is 0 Å². The number of rotatable bonds is 4. The van der Waals surface area contributed by atoms with Crippen LogP contribution < -0.4 is 10.5 Å². The molecule has 0 radical (unpaired) electrons. The molecule has 11 nitrogen and oxygen atoms in total. The number of sulfonamides is 1. The Balaban J connectivity index is 1.39. The maximum absolute atomic E-state index is 13.2. The molecule has 0 amide bonds. The molecule has 0 N–H and O–H groups in total. The van der Waals surface area contributed by atoms with Gasteiger partial charge < -0.3 is 9.15 Å². The van der Waals surface area contributed by atoms with Crippen LogP contribution in [0.4, 0.5) is 0 Å². The Kier molecular flexibility index (Phi) is 4.55. The summed E-state index contributed by atoms with van der Waals surface area (Å²) in [6.45, 7) is 0.683. The topological polar surface area (TPSA) is 125 Å². The summed E-state index contributed by atoms with van der Waals surface area (Å²) in [6, 6.07) is 7.95. The van der Waals surface area contributed by atoms with Gasteiger partial charge in [0, 0.05) is 32.1 Å². The summed E-state index contributed by atoms with van der Waals surface area (Å²) in [5.74, 6) is 0.646. The summed E-state index contributed by atoms with van der Waals surface area (Å²) in [5, 5.41) is 12.8. The third-order valence-electron chi connectivity index (χ3n) is 5.69. The Bertz CT molecular complexity index is 1450. The van der Waals surface area contributed by atoms with Gasteiger partial charge in [-0.3, -0.25) is 4.57 Å². The van der Waals surface area contributed by atoms with Gasteiger partial charge in [-0.25, -0.2) is 13.2 Å². The molecule has 5 rings (SSSR count). The third-order valence-corrected chi connectivity index (χ3v) is 7.59. The van der Waals surface area contributed by atoms with Crippen molar-refractivity contribution < 1.29 is 17.6 Å². The lowest BCUT2D eigenvalue weighted by molar-refractivity contribution is 0.310. The Morgan fingerprint density at radius 3 is 2.65 bits per heavy atom. The van der Waals surface area contributed by atoms with Gasteiger partial charge in [-0.1, -0.05) is 0 Å². The van der Waals surface area contributed by atoms with E-state index in [0.717, 1.165) is 0 Å². The first kappa shape index (κ1) is 19.7. The molecule has 0 unspecified atom stereocenters. The fraction of sp³-hybridized carbons (Fsp3) is 0.368. The summed E-state index contributed by atoms with van der Waals surface area (Å²) >= 11 is 0. The van der Waals surface area contributed by atoms with Crippen molar-refractivity contribution in [2.45, 2.75) is 23.7 Å². The Morgan fingerprint density at radius 1 is 1.13 bits per heavy atom. The van der Waals surface area contributed by atoms with Gasteiger partial charge in [0.2, 0.25) is 15.9 Å². The largest absolute Gasteiger partial charge is 0.480 e. The first-order valence-corrected chi connectivity index (χ1v) is 11.2. The van der Waals surface area contributed by atoms with Crippen LogP contribution in [0.5, 0.6) is 5.88 Å². The van der Waals surface area contributed by atoms with Crippen molar-refractivity contribution in [3.05, 3.63) is 46.7 Å². The van der Waals surface area contributed by atoms with Crippen LogP contribution in [0.3, 0.4) is 0 Å². The predicted molar refractivity (Wildman–Crippen MR) is 110 cm³/mol. The van der Waals surface area contributed by atoms with E-state index in [2.05, 4.69) is 15.3 Å². The van der Waals surface area contributed by atoms with Gasteiger partial charge in [0.15, 0.2) is 17.1 Å². The second kappa shape index (κ2) is 7.17. The summed E-state index contributed by atoms with van der Waals surface area (Å²) in [5.41, 5.74) is 1.41. The number of ether oxygens (including phenoxy) is 1. The number of methoxy groups -OCH3 is 1. The lowest BCUT2D eigenvalue weighted by atomic mass is 9.97. The number of fused-ring (bicyclic) bond motifs is 2. The number of nitrogens with zero attached hydrogens (tertiary/aromatic N) is 6. The number of benzene rings is 1. The molecule has 4 heterocycles. The molecule has 0 aliphatic carbocycles. The van der Waals surface area contributed by atoms with E-state index in [-0.39, 0.29) is 10.8 Å². The van der Waals surface area contributed by atoms with Crippen LogP contribution in [-0.2, 0) is 17.1 Å². The van der Waals surface area contributed by atoms with E-state index in [9.17, 15) is 13.2 Å². The van der Waals surface area contributed by atoms with Crippen LogP contribution in [0.2, 0.25) is 0 Å². The lowest BCUT2D eigenvalue weighted by Crippen LogP contribution is -2.38. The first-order chi connectivity index (χ1) is 14.9. The molecule has 162 valence electrons. The highest BCUT2D eigenvalue weighted by Gasteiger charge is 2.32. The van der Waals surface area contributed by atoms with Crippen molar-refractivity contribution in [1.29, 1.82) is 0 Å². The fourth-order valence-corrected chi connectivity index (χ4v) is 5.41. The summed E-state index contributed by atoms with van der Waals surface area (Å²) in [4.78, 5) is 11.8. The summed E-state index contributed by atoms with van der Waals surface area (Å²) in [6.07, 6.45) is 1.18. The monoisotopic (exact) mass is 444 g/mol. The van der Waals surface area contributed by atoms with E-state index in [1.165, 1.54) is 27.1 Å². The summed E-state index contributed by atoms with van der Waals surface area (Å²) in [7, 11) is -0.623. The molecule has 4 aromatic rings. The van der Waals surface area contributed by atoms with Crippen molar-refractivity contribution >= 4 is 26.8 Å². The molecule has 12 heteroatoms. The molecule has 31 heavy (non-hydrogen) atoms. The molecule has 1 aromatic carbocycles. The highest BCUT2D eigenvalue weighted by atomic mass is 32.2. The minimum atomic E-state index is -3.71. The van der Waals surface area contributed by atoms with E-state index in [1.807, 2.05) is 0 Å². The van der Waals surface area contributed by atoms with Crippen molar-refractivity contribution in [1.82, 2.24) is 28.7 Å². The zero-order valence-corrected chi connectivity index (χ0v) is 17.7. The van der Waals surface area contributed by atoms with Gasteiger partial charge in [0.05, 0.1) is 17.5 Å². The SMILES string of the molecule is COc1ccc2nnc(C3CCN(S(=O)(=O)c4ccc5oc(=O)n(C)c5c4)CC3)n2n1. The van der Waals surface area contributed by atoms with Crippen LogP contribution >= 0.6 is 0 Å². The highest BCUT2D eigenvalue weighted by molar-refractivity contribution is 7.89. The predicted octanol–water partition coefficient (Wildman–Crippen LogP) is 1.15. The van der Waals surface area contributed by atoms with Gasteiger partial charge in [-0.2, -0.15) is 8.82 Å². The van der Waals surface area contributed by atoms with Crippen molar-refractivity contribution in [2.24, 2.45) is 7.05 Å². The van der Waals surface area contributed by atoms with Crippen LogP contribution in [0, 0.1) is 0 Å². The maximum atomic E-state index is 13.2. The van der Waals surface area contributed by atoms with Crippen LogP contribution in [0.15, 0.2) is 44.4 Å². The first-order valence-electron chi connectivity index (χ1n) is 9.74. The van der Waals surface area contributed by atoms with Crippen molar-refractivity contribution in [3.8, 4) is 5.88 Å². The second-order valence-corrected chi connectivity index (χ2v) is 9.38. The Labute approximate surface area is 176 Å². The van der Waals surface area contributed by atoms with E-state index < -0.39 is 15.8 Å². The average Bonchev–Trinajstić information content (AvgIpc) is 3.33. The van der Waals surface area contributed by atoms with Gasteiger partial charge in [-0.05, 0) is 37.1 Å². The van der Waals surface area contributed by atoms with Crippen molar-refractivity contribution in [3.63, 3.8) is 0 Å². The molecule has 0 bridgehead atoms. The Hall–Kier alpha value is -3.25. The fourth-order valence-electron chi connectivity index (χ4n) is 3.92. The molecular weight excluding hydrogens is 424 g/mol. The molecule has 0 saturated carbocycles. The number of aromatic nitrogens is 5. The summed E-state index contributed by atoms with van der Waals surface area (Å²) < 4.78 is 41.0. The zero-order chi connectivity index (χ0) is 21.8. The lowest BCUT2D eigenvalue weighted by Gasteiger charge is -2.30. The van der Waals surface area contributed by atoms with Crippen molar-refractivity contribution in [2.75, 3.05) is 20.2 Å². The number of hydrogen-bond donors (Lipinski definition) is 0. The van der Waals surface area contributed by atoms with Gasteiger partial charge >= 0.3 is 5.76 Å². The minimum Gasteiger partial charge on any atom is -0.480 e. The quantitative estimate of drug-likeness (QED) is 0.459. The molecule has 1 fully saturated rings. The maximum Gasteiger partial charge on any atom is 0.419 e. The standard InChI is InChI=1S/C19H20N6O5S/c1-23-14-11-13(3-4-15(14)30-19(23)26)31(27,28)24-9-7-12(8-10-24)18-21-20-16-5-6-17(29-2)22-25(16)18/h3-6,11-12H,7-10H2,1-2H3. The van der Waals surface area contributed by atoms with Crippen LogP contribution in [0.1, 0.15) is 24.6 Å². The number of piperidine rings is 1. The van der Waals surface area contributed by atoms with Gasteiger partial charge in [0.25, 0.3) is 0 Å². The third kappa shape index (κ3) is 3.18. The normalized spacial score (nSPS) is 16.3. The average molecular weight is 444 g/mol. The van der Waals surface area contributed by atoms with E-state index in [0.29, 0.717) is 54.4 Å².